The van der Waals surface area contributed by atoms with E-state index in [0.29, 0.717) is 26.2 Å². The number of hydrogen-bond acceptors (Lipinski definition) is 9. The summed E-state index contributed by atoms with van der Waals surface area (Å²) in [6, 6.07) is 19.0. The molecule has 0 unspecified atom stereocenters. The van der Waals surface area contributed by atoms with E-state index in [2.05, 4.69) is 10.1 Å². The second-order valence-electron chi connectivity index (χ2n) is 10.8. The molecule has 4 heterocycles. The number of anilines is 2. The van der Waals surface area contributed by atoms with E-state index in [1.807, 2.05) is 59.0 Å². The second kappa shape index (κ2) is 12.8. The van der Waals surface area contributed by atoms with Gasteiger partial charge in [-0.1, -0.05) is 49.2 Å². The molecule has 10 nitrogen and oxygen atoms in total. The molecule has 0 saturated heterocycles. The topological polar surface area (TPSA) is 125 Å². The summed E-state index contributed by atoms with van der Waals surface area (Å²) in [5.74, 6) is -0.384. The van der Waals surface area contributed by atoms with Gasteiger partial charge in [0, 0.05) is 30.4 Å². The van der Waals surface area contributed by atoms with E-state index in [-0.39, 0.29) is 22.4 Å². The summed E-state index contributed by atoms with van der Waals surface area (Å²) in [6.07, 6.45) is 8.44. The first-order valence-corrected chi connectivity index (χ1v) is 17.6. The molecule has 7 rings (SSSR count). The molecule has 1 fully saturated rings. The SMILES string of the molecule is CC1=NN(c2ccc(S(=O)(=O)O)cc2)C(=O)/C1=c1/s/c(=C2\Sc3ccccc3N2C)c(=O)n1C1CCCCC1.c1ccncc1. The highest BCUT2D eigenvalue weighted by molar-refractivity contribution is 8.08. The zero-order chi connectivity index (χ0) is 31.7. The molecule has 3 aliphatic rings. The Hall–Kier alpha value is -4.04. The molecular weight excluding hydrogens is 631 g/mol. The molecule has 1 saturated carbocycles. The van der Waals surface area contributed by atoms with Crippen molar-refractivity contribution in [3.63, 3.8) is 0 Å². The van der Waals surface area contributed by atoms with Crippen molar-refractivity contribution in [1.82, 2.24) is 9.55 Å². The van der Waals surface area contributed by atoms with Crippen molar-refractivity contribution in [1.29, 1.82) is 0 Å². The van der Waals surface area contributed by atoms with Crippen LogP contribution in [0.5, 0.6) is 0 Å². The zero-order valence-corrected chi connectivity index (χ0v) is 27.1. The summed E-state index contributed by atoms with van der Waals surface area (Å²) >= 11 is 2.89. The first kappa shape index (κ1) is 31.0. The number of amides is 1. The average Bonchev–Trinajstić information content (AvgIpc) is 3.67. The fourth-order valence-corrected chi connectivity index (χ4v) is 8.75. The number of hydrogen-bond donors (Lipinski definition) is 1. The lowest BCUT2D eigenvalue weighted by atomic mass is 9.95. The lowest BCUT2D eigenvalue weighted by molar-refractivity contribution is -0.112. The maximum absolute atomic E-state index is 14.1. The van der Waals surface area contributed by atoms with E-state index in [9.17, 15) is 22.6 Å². The molecule has 0 atom stereocenters. The van der Waals surface area contributed by atoms with Gasteiger partial charge in [0.05, 0.1) is 27.6 Å². The molecule has 45 heavy (non-hydrogen) atoms. The molecule has 1 amide bonds. The summed E-state index contributed by atoms with van der Waals surface area (Å²) < 4.78 is 35.2. The highest BCUT2D eigenvalue weighted by Crippen LogP contribution is 2.45. The van der Waals surface area contributed by atoms with E-state index >= 15 is 0 Å². The highest BCUT2D eigenvalue weighted by Gasteiger charge is 2.34. The molecule has 232 valence electrons. The van der Waals surface area contributed by atoms with Crippen LogP contribution in [0.15, 0.2) is 98.8 Å². The Morgan fingerprint density at radius 2 is 1.60 bits per heavy atom. The number of aromatic nitrogens is 2. The van der Waals surface area contributed by atoms with Gasteiger partial charge >= 0.3 is 0 Å². The van der Waals surface area contributed by atoms with Crippen LogP contribution >= 0.6 is 23.1 Å². The van der Waals surface area contributed by atoms with Gasteiger partial charge in [-0.05, 0) is 68.3 Å². The molecule has 4 aromatic rings. The van der Waals surface area contributed by atoms with Gasteiger partial charge in [-0.3, -0.25) is 23.7 Å². The summed E-state index contributed by atoms with van der Waals surface area (Å²) in [7, 11) is -2.41. The van der Waals surface area contributed by atoms with Crippen molar-refractivity contribution in [3.05, 3.63) is 98.7 Å². The van der Waals surface area contributed by atoms with E-state index < -0.39 is 10.1 Å². The maximum atomic E-state index is 14.1. The number of thioether (sulfide) groups is 1. The molecule has 1 aliphatic carbocycles. The van der Waals surface area contributed by atoms with Crippen LogP contribution in [0.1, 0.15) is 45.1 Å². The van der Waals surface area contributed by atoms with Gasteiger partial charge in [0.15, 0.2) is 0 Å². The number of para-hydroxylation sites is 1. The van der Waals surface area contributed by atoms with Crippen molar-refractivity contribution >= 4 is 66.8 Å². The number of nitrogens with zero attached hydrogens (tertiary/aromatic N) is 5. The summed E-state index contributed by atoms with van der Waals surface area (Å²) in [4.78, 5) is 34.5. The maximum Gasteiger partial charge on any atom is 0.294 e. The van der Waals surface area contributed by atoms with Crippen molar-refractivity contribution in [2.24, 2.45) is 5.10 Å². The summed E-state index contributed by atoms with van der Waals surface area (Å²) in [5.41, 5.74) is 2.17. The van der Waals surface area contributed by atoms with Crippen LogP contribution in [0.2, 0.25) is 0 Å². The molecular formula is C32H31N5O5S3. The molecule has 1 N–H and O–H groups in total. The Labute approximate surface area is 268 Å². The van der Waals surface area contributed by atoms with Gasteiger partial charge in [-0.15, -0.1) is 11.3 Å². The minimum absolute atomic E-state index is 0.00197. The predicted molar refractivity (Wildman–Crippen MR) is 179 cm³/mol. The van der Waals surface area contributed by atoms with Crippen LogP contribution < -0.4 is 24.7 Å². The monoisotopic (exact) mass is 661 g/mol. The van der Waals surface area contributed by atoms with Crippen LogP contribution in [0, 0.1) is 0 Å². The lowest BCUT2D eigenvalue weighted by Crippen LogP contribution is -2.38. The Morgan fingerprint density at radius 3 is 2.20 bits per heavy atom. The number of thiazole rings is 1. The van der Waals surface area contributed by atoms with E-state index in [1.54, 1.807) is 31.1 Å². The molecule has 2 aromatic heterocycles. The molecule has 0 spiro atoms. The molecule has 0 radical (unpaired) electrons. The van der Waals surface area contributed by atoms with Crippen molar-refractivity contribution < 1.29 is 17.8 Å². The van der Waals surface area contributed by atoms with Gasteiger partial charge in [0.2, 0.25) is 0 Å². The molecule has 2 aliphatic heterocycles. The minimum atomic E-state index is -4.36. The van der Waals surface area contributed by atoms with Gasteiger partial charge < -0.3 is 4.90 Å². The predicted octanol–water partition coefficient (Wildman–Crippen LogP) is 4.62. The summed E-state index contributed by atoms with van der Waals surface area (Å²) in [5, 5.41) is 6.54. The van der Waals surface area contributed by atoms with Crippen LogP contribution in [0.3, 0.4) is 0 Å². The fourth-order valence-electron chi connectivity index (χ4n) is 5.67. The first-order chi connectivity index (χ1) is 21.6. The highest BCUT2D eigenvalue weighted by atomic mass is 32.2. The van der Waals surface area contributed by atoms with Crippen LogP contribution in [-0.2, 0) is 14.9 Å². The fraction of sp³-hybridized carbons (Fsp3) is 0.250. The number of hydrazone groups is 1. The zero-order valence-electron chi connectivity index (χ0n) is 24.7. The van der Waals surface area contributed by atoms with Gasteiger partial charge in [-0.25, -0.2) is 0 Å². The quantitative estimate of drug-likeness (QED) is 0.316. The van der Waals surface area contributed by atoms with E-state index in [0.717, 1.165) is 47.7 Å². The Kier molecular flexibility index (Phi) is 8.78. The van der Waals surface area contributed by atoms with Crippen LogP contribution in [0.25, 0.3) is 10.6 Å². The smallest absolute Gasteiger partial charge is 0.294 e. The Bertz CT molecular complexity index is 2040. The normalized spacial score (nSPS) is 19.3. The number of benzene rings is 2. The van der Waals surface area contributed by atoms with E-state index in [4.69, 9.17) is 0 Å². The number of carbonyl (C=O) groups is 1. The van der Waals surface area contributed by atoms with Gasteiger partial charge in [-0.2, -0.15) is 18.5 Å². The first-order valence-electron chi connectivity index (χ1n) is 14.5. The Morgan fingerprint density at radius 1 is 0.911 bits per heavy atom. The third-order valence-electron chi connectivity index (χ3n) is 7.88. The van der Waals surface area contributed by atoms with Crippen molar-refractivity contribution in [2.45, 2.75) is 54.9 Å². The van der Waals surface area contributed by atoms with Gasteiger partial charge in [0.25, 0.3) is 21.6 Å². The minimum Gasteiger partial charge on any atom is -0.337 e. The molecule has 0 bridgehead atoms. The summed E-state index contributed by atoms with van der Waals surface area (Å²) in [6.45, 7) is 1.74. The average molecular weight is 662 g/mol. The molecule has 13 heteroatoms. The largest absolute Gasteiger partial charge is 0.337 e. The van der Waals surface area contributed by atoms with E-state index in [1.165, 1.54) is 40.6 Å². The number of carbonyl (C=O) groups excluding carboxylic acids is 1. The standard InChI is InChI=1S/C27H26N4O5S3.C5H5N/c1-16-22(24(32)31(28-16)18-12-14-19(15-13-18)39(34,35)36)26-30(17-8-4-3-5-9-17)25(33)23(38-26)27-29(2)20-10-6-7-11-21(20)37-27;1-2-4-6-5-3-1/h6-7,10-15,17H,3-5,8-9H2,1-2H3,(H,34,35,36);1-5H/b26-22+,27-23-;. The number of pyridine rings is 1. The van der Waals surface area contributed by atoms with Gasteiger partial charge in [0.1, 0.15) is 14.2 Å². The second-order valence-corrected chi connectivity index (χ2v) is 14.3. The van der Waals surface area contributed by atoms with Crippen LogP contribution in [-0.4, -0.2) is 41.2 Å². The van der Waals surface area contributed by atoms with Crippen molar-refractivity contribution in [3.8, 4) is 0 Å². The Balaban J connectivity index is 0.000000535. The van der Waals surface area contributed by atoms with Crippen LogP contribution in [0.4, 0.5) is 11.4 Å². The third kappa shape index (κ3) is 6.12. The number of fused-ring (bicyclic) bond motifs is 1. The third-order valence-corrected chi connectivity index (χ3v) is 11.3. The molecule has 2 aromatic carbocycles. The lowest BCUT2D eigenvalue weighted by Gasteiger charge is -2.23. The number of rotatable bonds is 3. The van der Waals surface area contributed by atoms with Crippen molar-refractivity contribution in [2.75, 3.05) is 17.0 Å².